The molecule has 1 aromatic carbocycles. The number of rotatable bonds is 11. The molecular formula is C27H36O4. The zero-order valence-electron chi connectivity index (χ0n) is 18.5. The molecule has 0 heterocycles. The van der Waals surface area contributed by atoms with Crippen molar-refractivity contribution in [2.75, 3.05) is 0 Å². The Bertz CT molecular complexity index is 839. The van der Waals surface area contributed by atoms with Gasteiger partial charge in [0.2, 0.25) is 0 Å². The van der Waals surface area contributed by atoms with E-state index >= 15 is 0 Å². The first-order valence-corrected chi connectivity index (χ1v) is 11.6. The van der Waals surface area contributed by atoms with Gasteiger partial charge >= 0.3 is 5.97 Å². The van der Waals surface area contributed by atoms with E-state index in [0.29, 0.717) is 30.2 Å². The molecule has 1 unspecified atom stereocenters. The summed E-state index contributed by atoms with van der Waals surface area (Å²) in [5.74, 6) is 0.00101. The number of aromatic carboxylic acids is 1. The largest absolute Gasteiger partial charge is 0.478 e. The summed E-state index contributed by atoms with van der Waals surface area (Å²) in [4.78, 5) is 11.4. The highest BCUT2D eigenvalue weighted by molar-refractivity contribution is 5.89. The zero-order chi connectivity index (χ0) is 22.4. The molecule has 1 aromatic rings. The Morgan fingerprint density at radius 3 is 2.77 bits per heavy atom. The van der Waals surface area contributed by atoms with Crippen LogP contribution >= 0.6 is 0 Å². The molecule has 2 aliphatic carbocycles. The lowest BCUT2D eigenvalue weighted by atomic mass is 9.87. The smallest absolute Gasteiger partial charge is 0.335 e. The minimum Gasteiger partial charge on any atom is -0.478 e. The monoisotopic (exact) mass is 424 g/mol. The fraction of sp³-hybridized carbons (Fsp3) is 0.519. The normalized spacial score (nSPS) is 27.1. The van der Waals surface area contributed by atoms with E-state index in [2.05, 4.69) is 25.7 Å². The summed E-state index contributed by atoms with van der Waals surface area (Å²) in [5, 5.41) is 30.6. The van der Waals surface area contributed by atoms with Crippen LogP contribution < -0.4 is 0 Å². The van der Waals surface area contributed by atoms with E-state index in [1.807, 2.05) is 18.2 Å². The van der Waals surface area contributed by atoms with Crippen LogP contribution in [0.5, 0.6) is 0 Å². The highest BCUT2D eigenvalue weighted by Gasteiger charge is 2.43. The van der Waals surface area contributed by atoms with E-state index in [-0.39, 0.29) is 12.0 Å². The molecule has 0 radical (unpaired) electrons. The van der Waals surface area contributed by atoms with Crippen molar-refractivity contribution < 1.29 is 20.1 Å². The molecule has 1 fully saturated rings. The van der Waals surface area contributed by atoms with Crippen molar-refractivity contribution in [3.05, 3.63) is 71.8 Å². The Kier molecular flexibility index (Phi) is 7.90. The Balaban J connectivity index is 1.58. The minimum absolute atomic E-state index is 0.102. The lowest BCUT2D eigenvalue weighted by molar-refractivity contribution is 0.0695. The quantitative estimate of drug-likeness (QED) is 0.421. The third-order valence-corrected chi connectivity index (χ3v) is 7.09. The fourth-order valence-electron chi connectivity index (χ4n) is 5.23. The minimum atomic E-state index is -0.875. The van der Waals surface area contributed by atoms with E-state index in [1.165, 1.54) is 5.57 Å². The Hall–Kier alpha value is -2.17. The zero-order valence-corrected chi connectivity index (χ0v) is 18.5. The number of fused-ring (bicyclic) bond motifs is 1. The molecule has 0 aromatic heterocycles. The number of hydrogen-bond donors (Lipinski definition) is 3. The molecule has 1 saturated carbocycles. The lowest BCUT2D eigenvalue weighted by Gasteiger charge is -2.23. The van der Waals surface area contributed by atoms with Gasteiger partial charge in [-0.15, -0.1) is 6.58 Å². The molecule has 5 atom stereocenters. The molecule has 3 N–H and O–H groups in total. The number of hydrogen-bond acceptors (Lipinski definition) is 3. The summed E-state index contributed by atoms with van der Waals surface area (Å²) in [7, 11) is 0. The van der Waals surface area contributed by atoms with Gasteiger partial charge in [0.05, 0.1) is 17.3 Å². The molecule has 0 amide bonds. The van der Waals surface area contributed by atoms with Gasteiger partial charge in [-0.3, -0.25) is 0 Å². The Morgan fingerprint density at radius 1 is 1.29 bits per heavy atom. The van der Waals surface area contributed by atoms with Crippen molar-refractivity contribution in [3.63, 3.8) is 0 Å². The van der Waals surface area contributed by atoms with E-state index < -0.39 is 11.6 Å². The molecule has 0 bridgehead atoms. The van der Waals surface area contributed by atoms with Crippen molar-refractivity contribution in [2.45, 2.75) is 70.0 Å². The maximum absolute atomic E-state index is 11.4. The van der Waals surface area contributed by atoms with Gasteiger partial charge in [-0.25, -0.2) is 4.79 Å². The number of unbranched alkanes of at least 4 members (excludes halogenated alkanes) is 1. The van der Waals surface area contributed by atoms with Crippen LogP contribution in [0.25, 0.3) is 0 Å². The SMILES string of the molecule is C=CC(O)(CC=C[C@H]1[C@H]2CC(CCc3ccccc3C(=O)O)=C[C@H]2C[C@H]1O)CCCC. The fourth-order valence-corrected chi connectivity index (χ4v) is 5.23. The van der Waals surface area contributed by atoms with E-state index in [4.69, 9.17) is 0 Å². The predicted octanol–water partition coefficient (Wildman–Crippen LogP) is 5.31. The van der Waals surface area contributed by atoms with Crippen LogP contribution in [0, 0.1) is 17.8 Å². The molecule has 2 aliphatic rings. The molecular weight excluding hydrogens is 388 g/mol. The number of allylic oxidation sites excluding steroid dienone is 2. The Labute approximate surface area is 186 Å². The predicted molar refractivity (Wildman–Crippen MR) is 124 cm³/mol. The van der Waals surface area contributed by atoms with Gasteiger partial charge in [0.25, 0.3) is 0 Å². The van der Waals surface area contributed by atoms with Crippen molar-refractivity contribution >= 4 is 5.97 Å². The first-order chi connectivity index (χ1) is 14.9. The number of carboxylic acids is 1. The molecule has 0 spiro atoms. The van der Waals surface area contributed by atoms with Gasteiger partial charge in [0.15, 0.2) is 0 Å². The highest BCUT2D eigenvalue weighted by atomic mass is 16.4. The molecule has 168 valence electrons. The number of benzene rings is 1. The second-order valence-electron chi connectivity index (χ2n) is 9.24. The van der Waals surface area contributed by atoms with Crippen molar-refractivity contribution in [1.29, 1.82) is 0 Å². The Morgan fingerprint density at radius 2 is 2.06 bits per heavy atom. The molecule has 31 heavy (non-hydrogen) atoms. The summed E-state index contributed by atoms with van der Waals surface area (Å²) >= 11 is 0. The lowest BCUT2D eigenvalue weighted by Crippen LogP contribution is -2.24. The highest BCUT2D eigenvalue weighted by Crippen LogP contribution is 2.48. The molecule has 4 nitrogen and oxygen atoms in total. The van der Waals surface area contributed by atoms with Gasteiger partial charge in [-0.2, -0.15) is 0 Å². The molecule has 3 rings (SSSR count). The second kappa shape index (κ2) is 10.4. The average Bonchev–Trinajstić information content (AvgIpc) is 3.28. The van der Waals surface area contributed by atoms with Crippen molar-refractivity contribution in [3.8, 4) is 0 Å². The molecule has 0 saturated heterocycles. The van der Waals surface area contributed by atoms with Crippen molar-refractivity contribution in [1.82, 2.24) is 0 Å². The van der Waals surface area contributed by atoms with Gasteiger partial charge < -0.3 is 15.3 Å². The topological polar surface area (TPSA) is 77.8 Å². The van der Waals surface area contributed by atoms with E-state index in [0.717, 1.165) is 44.1 Å². The first kappa shape index (κ1) is 23.5. The molecule has 0 aliphatic heterocycles. The summed E-state index contributed by atoms with van der Waals surface area (Å²) in [6.45, 7) is 5.91. The third kappa shape index (κ3) is 5.75. The van der Waals surface area contributed by atoms with Crippen LogP contribution in [-0.2, 0) is 6.42 Å². The summed E-state index contributed by atoms with van der Waals surface area (Å²) in [6, 6.07) is 7.22. The van der Waals surface area contributed by atoms with Crippen LogP contribution in [0.2, 0.25) is 0 Å². The van der Waals surface area contributed by atoms with Crippen molar-refractivity contribution in [2.24, 2.45) is 17.8 Å². The van der Waals surface area contributed by atoms with Crippen LogP contribution in [0.15, 0.2) is 60.7 Å². The first-order valence-electron chi connectivity index (χ1n) is 11.6. The summed E-state index contributed by atoms with van der Waals surface area (Å²) in [5.41, 5.74) is 1.76. The van der Waals surface area contributed by atoms with Crippen LogP contribution in [-0.4, -0.2) is 33.0 Å². The van der Waals surface area contributed by atoms with Crippen LogP contribution in [0.4, 0.5) is 0 Å². The summed E-state index contributed by atoms with van der Waals surface area (Å²) < 4.78 is 0. The number of carboxylic acid groups (broad SMARTS) is 1. The maximum atomic E-state index is 11.4. The summed E-state index contributed by atoms with van der Waals surface area (Å²) in [6.07, 6.45) is 14.3. The number of aryl methyl sites for hydroxylation is 1. The van der Waals surface area contributed by atoms with Gasteiger partial charge in [0, 0.05) is 5.92 Å². The van der Waals surface area contributed by atoms with E-state index in [1.54, 1.807) is 18.2 Å². The van der Waals surface area contributed by atoms with Gasteiger partial charge in [-0.05, 0) is 62.0 Å². The van der Waals surface area contributed by atoms with Crippen LogP contribution in [0.1, 0.15) is 67.8 Å². The third-order valence-electron chi connectivity index (χ3n) is 7.09. The number of carbonyl (C=O) groups is 1. The molecule has 4 heteroatoms. The second-order valence-corrected chi connectivity index (χ2v) is 9.24. The van der Waals surface area contributed by atoms with Crippen LogP contribution in [0.3, 0.4) is 0 Å². The van der Waals surface area contributed by atoms with Gasteiger partial charge in [0.1, 0.15) is 0 Å². The standard InChI is InChI=1S/C27H36O4/c1-3-5-14-27(31,4-2)15-8-11-23-24-17-19(16-21(24)18-25(23)28)12-13-20-9-6-7-10-22(20)26(29)30/h4,6-11,16,21,23-25,28,31H,2-3,5,12-15,17-18H2,1H3,(H,29,30)/t21-,23-,24-,25+,27?/m0/s1. The average molecular weight is 425 g/mol. The number of aliphatic hydroxyl groups excluding tert-OH is 1. The maximum Gasteiger partial charge on any atom is 0.335 e. The van der Waals surface area contributed by atoms with E-state index in [9.17, 15) is 20.1 Å². The van der Waals surface area contributed by atoms with Gasteiger partial charge in [-0.1, -0.05) is 67.8 Å². The number of aliphatic hydroxyl groups is 2.